The molecule has 0 fully saturated rings. The van der Waals surface area contributed by atoms with E-state index < -0.39 is 0 Å². The lowest BCUT2D eigenvalue weighted by molar-refractivity contribution is -0.491. The van der Waals surface area contributed by atoms with Gasteiger partial charge < -0.3 is 0 Å². The van der Waals surface area contributed by atoms with E-state index in [0.29, 0.717) is 11.8 Å². The van der Waals surface area contributed by atoms with Gasteiger partial charge in [0.05, 0.1) is 0 Å². The van der Waals surface area contributed by atoms with Crippen LogP contribution in [-0.4, -0.2) is 11.5 Å². The molecule has 72 valence electrons. The number of nitro groups is 1. The number of hydrogen-bond acceptors (Lipinski definition) is 2. The Morgan fingerprint density at radius 2 is 1.83 bits per heavy atom. The fraction of sp³-hybridized carbons (Fsp3) is 1.00. The van der Waals surface area contributed by atoms with E-state index in [9.17, 15) is 10.1 Å². The van der Waals surface area contributed by atoms with Crippen LogP contribution in [0.2, 0.25) is 0 Å². The molecule has 0 rings (SSSR count). The zero-order valence-electron chi connectivity index (χ0n) is 8.41. The summed E-state index contributed by atoms with van der Waals surface area (Å²) in [6.07, 6.45) is 1.02. The molecule has 0 saturated carbocycles. The van der Waals surface area contributed by atoms with Gasteiger partial charge in [-0.25, -0.2) is 0 Å². The number of rotatable bonds is 5. The Labute approximate surface area is 74.3 Å². The van der Waals surface area contributed by atoms with Crippen molar-refractivity contribution in [2.75, 3.05) is 6.54 Å². The minimum absolute atomic E-state index is 0.118. The van der Waals surface area contributed by atoms with Gasteiger partial charge >= 0.3 is 0 Å². The number of nitrogens with zero attached hydrogens (tertiary/aromatic N) is 1. The quantitative estimate of drug-likeness (QED) is 0.473. The maximum absolute atomic E-state index is 10.3. The van der Waals surface area contributed by atoms with Crippen molar-refractivity contribution in [1.82, 2.24) is 0 Å². The summed E-state index contributed by atoms with van der Waals surface area (Å²) in [6, 6.07) is 0. The van der Waals surface area contributed by atoms with Gasteiger partial charge in [-0.05, 0) is 11.8 Å². The molecule has 0 aromatic carbocycles. The highest BCUT2D eigenvalue weighted by atomic mass is 16.6. The van der Waals surface area contributed by atoms with Gasteiger partial charge in [0.15, 0.2) is 0 Å². The minimum Gasteiger partial charge on any atom is -0.265 e. The Hall–Kier alpha value is -0.600. The van der Waals surface area contributed by atoms with Crippen LogP contribution >= 0.6 is 0 Å². The molecule has 0 heterocycles. The molecule has 0 aliphatic rings. The van der Waals surface area contributed by atoms with Crippen LogP contribution in [0.15, 0.2) is 0 Å². The third-order valence-corrected chi connectivity index (χ3v) is 2.59. The average Bonchev–Trinajstić information content (AvgIpc) is 1.98. The van der Waals surface area contributed by atoms with E-state index in [0.717, 1.165) is 6.42 Å². The number of hydrogen-bond donors (Lipinski definition) is 0. The molecule has 0 unspecified atom stereocenters. The smallest absolute Gasteiger partial charge is 0.207 e. The first-order chi connectivity index (χ1) is 5.49. The Balaban J connectivity index is 4.12. The molecule has 0 amide bonds. The van der Waals surface area contributed by atoms with Crippen molar-refractivity contribution in [3.8, 4) is 0 Å². The molecule has 0 N–H and O–H groups in total. The van der Waals surface area contributed by atoms with Crippen molar-refractivity contribution in [3.63, 3.8) is 0 Å². The van der Waals surface area contributed by atoms with Gasteiger partial charge in [-0.2, -0.15) is 0 Å². The first-order valence-corrected chi connectivity index (χ1v) is 4.60. The monoisotopic (exact) mass is 173 g/mol. The Morgan fingerprint density at radius 3 is 2.08 bits per heavy atom. The SMILES string of the molecule is CC[C@H](C)[C@H](C[N+](=O)[O-])C(C)C. The molecule has 0 radical (unpaired) electrons. The fourth-order valence-electron chi connectivity index (χ4n) is 1.52. The Kier molecular flexibility index (Phi) is 4.86. The van der Waals surface area contributed by atoms with Gasteiger partial charge in [0.2, 0.25) is 6.54 Å². The molecule has 0 aliphatic carbocycles. The van der Waals surface area contributed by atoms with E-state index in [4.69, 9.17) is 0 Å². The van der Waals surface area contributed by atoms with Crippen molar-refractivity contribution in [3.05, 3.63) is 10.1 Å². The zero-order valence-corrected chi connectivity index (χ0v) is 8.41. The van der Waals surface area contributed by atoms with Crippen LogP contribution in [0.4, 0.5) is 0 Å². The van der Waals surface area contributed by atoms with Crippen LogP contribution in [0, 0.1) is 27.9 Å². The maximum Gasteiger partial charge on any atom is 0.207 e. The van der Waals surface area contributed by atoms with Crippen LogP contribution in [0.3, 0.4) is 0 Å². The predicted molar refractivity (Wildman–Crippen MR) is 49.6 cm³/mol. The summed E-state index contributed by atoms with van der Waals surface area (Å²) in [5, 5.41) is 10.3. The van der Waals surface area contributed by atoms with Gasteiger partial charge in [-0.3, -0.25) is 10.1 Å². The van der Waals surface area contributed by atoms with E-state index in [2.05, 4.69) is 27.7 Å². The largest absolute Gasteiger partial charge is 0.265 e. The molecular formula is C9H19NO2. The van der Waals surface area contributed by atoms with Gasteiger partial charge in [0.25, 0.3) is 0 Å². The van der Waals surface area contributed by atoms with Crippen LogP contribution < -0.4 is 0 Å². The van der Waals surface area contributed by atoms with E-state index >= 15 is 0 Å². The highest BCUT2D eigenvalue weighted by Gasteiger charge is 2.24. The fourth-order valence-corrected chi connectivity index (χ4v) is 1.52. The average molecular weight is 173 g/mol. The lowest BCUT2D eigenvalue weighted by Gasteiger charge is -2.22. The van der Waals surface area contributed by atoms with Crippen LogP contribution in [0.5, 0.6) is 0 Å². The summed E-state index contributed by atoms with van der Waals surface area (Å²) in [6.45, 7) is 8.40. The van der Waals surface area contributed by atoms with Crippen LogP contribution in [0.25, 0.3) is 0 Å². The first kappa shape index (κ1) is 11.4. The molecule has 12 heavy (non-hydrogen) atoms. The first-order valence-electron chi connectivity index (χ1n) is 4.60. The summed E-state index contributed by atoms with van der Waals surface area (Å²) >= 11 is 0. The molecule has 0 spiro atoms. The second-order valence-corrected chi connectivity index (χ2v) is 3.81. The maximum atomic E-state index is 10.3. The lowest BCUT2D eigenvalue weighted by atomic mass is 9.83. The third-order valence-electron chi connectivity index (χ3n) is 2.59. The summed E-state index contributed by atoms with van der Waals surface area (Å²) in [4.78, 5) is 10.1. The summed E-state index contributed by atoms with van der Waals surface area (Å²) in [5.41, 5.74) is 0. The Morgan fingerprint density at radius 1 is 1.33 bits per heavy atom. The standard InChI is InChI=1S/C9H19NO2/c1-5-8(4)9(7(2)3)6-10(11)12/h7-9H,5-6H2,1-4H3/t8-,9+/m0/s1. The summed E-state index contributed by atoms with van der Waals surface area (Å²) < 4.78 is 0. The van der Waals surface area contributed by atoms with Crippen molar-refractivity contribution < 1.29 is 4.92 Å². The van der Waals surface area contributed by atoms with Gasteiger partial charge in [0.1, 0.15) is 0 Å². The molecule has 0 bridgehead atoms. The normalized spacial score (nSPS) is 16.1. The van der Waals surface area contributed by atoms with Crippen molar-refractivity contribution in [1.29, 1.82) is 0 Å². The lowest BCUT2D eigenvalue weighted by Crippen LogP contribution is -2.25. The molecule has 0 saturated heterocycles. The molecule has 2 atom stereocenters. The second kappa shape index (κ2) is 5.12. The summed E-state index contributed by atoms with van der Waals surface area (Å²) in [7, 11) is 0. The second-order valence-electron chi connectivity index (χ2n) is 3.81. The molecule has 3 heteroatoms. The summed E-state index contributed by atoms with van der Waals surface area (Å²) in [5.74, 6) is 1.09. The van der Waals surface area contributed by atoms with Crippen molar-refractivity contribution in [2.45, 2.75) is 34.1 Å². The molecule has 3 nitrogen and oxygen atoms in total. The van der Waals surface area contributed by atoms with E-state index in [-0.39, 0.29) is 17.4 Å². The van der Waals surface area contributed by atoms with Crippen molar-refractivity contribution in [2.24, 2.45) is 17.8 Å². The minimum atomic E-state index is -0.198. The van der Waals surface area contributed by atoms with E-state index in [1.54, 1.807) is 0 Å². The topological polar surface area (TPSA) is 43.1 Å². The van der Waals surface area contributed by atoms with E-state index in [1.807, 2.05) is 0 Å². The van der Waals surface area contributed by atoms with Gasteiger partial charge in [-0.1, -0.05) is 34.1 Å². The molecular weight excluding hydrogens is 154 g/mol. The van der Waals surface area contributed by atoms with Crippen molar-refractivity contribution >= 4 is 0 Å². The highest BCUT2D eigenvalue weighted by molar-refractivity contribution is 4.67. The predicted octanol–water partition coefficient (Wildman–Crippen LogP) is 2.58. The van der Waals surface area contributed by atoms with E-state index in [1.165, 1.54) is 0 Å². The third kappa shape index (κ3) is 3.69. The molecule has 0 aromatic rings. The Bertz CT molecular complexity index is 145. The zero-order chi connectivity index (χ0) is 9.72. The highest BCUT2D eigenvalue weighted by Crippen LogP contribution is 2.23. The van der Waals surface area contributed by atoms with Crippen LogP contribution in [-0.2, 0) is 0 Å². The van der Waals surface area contributed by atoms with Gasteiger partial charge in [-0.15, -0.1) is 0 Å². The molecule has 0 aliphatic heterocycles. The molecule has 0 aromatic heterocycles. The van der Waals surface area contributed by atoms with Crippen LogP contribution in [0.1, 0.15) is 34.1 Å². The van der Waals surface area contributed by atoms with Gasteiger partial charge in [0, 0.05) is 10.8 Å².